The lowest BCUT2D eigenvalue weighted by Crippen LogP contribution is -2.02. The maximum atomic E-state index is 5.02. The Hall–Kier alpha value is -8.09. The van der Waals surface area contributed by atoms with E-state index in [0.29, 0.717) is 0 Å². The van der Waals surface area contributed by atoms with Crippen LogP contribution in [-0.4, -0.2) is 29.7 Å². The molecule has 0 aliphatic heterocycles. The van der Waals surface area contributed by atoms with E-state index in [1.807, 2.05) is 61.2 Å². The van der Waals surface area contributed by atoms with Gasteiger partial charge in [0.15, 0.2) is 11.6 Å². The van der Waals surface area contributed by atoms with Gasteiger partial charge >= 0.3 is 0 Å². The standard InChI is InChI=1S/C53H36N6/c1-4-13-37(14-5-1)49-31-40(22-25-46(49)42-19-10-28-54-34-42)52-57-58-53(41-23-26-47(43-20-11-29-55-35-43)50(32-41)38-15-6-2-7-16-38)59(52)45-24-27-48(44-21-12-30-56-36-44)51(33-45)39-17-8-3-9-18-39/h1-36H. The smallest absolute Gasteiger partial charge is 0.168 e. The largest absolute Gasteiger partial charge is 0.275 e. The van der Waals surface area contributed by atoms with Crippen molar-refractivity contribution < 1.29 is 0 Å². The molecule has 4 heterocycles. The molecule has 0 N–H and O–H groups in total. The highest BCUT2D eigenvalue weighted by Gasteiger charge is 2.22. The summed E-state index contributed by atoms with van der Waals surface area (Å²) in [6.07, 6.45) is 11.2. The first-order valence-corrected chi connectivity index (χ1v) is 19.5. The number of rotatable bonds is 9. The summed E-state index contributed by atoms with van der Waals surface area (Å²) in [5.41, 5.74) is 15.7. The summed E-state index contributed by atoms with van der Waals surface area (Å²) in [6, 6.07) is 63.4. The normalized spacial score (nSPS) is 11.1. The summed E-state index contributed by atoms with van der Waals surface area (Å²) < 4.78 is 2.20. The highest BCUT2D eigenvalue weighted by Crippen LogP contribution is 2.41. The summed E-state index contributed by atoms with van der Waals surface area (Å²) >= 11 is 0. The monoisotopic (exact) mass is 756 g/mol. The molecule has 0 unspecified atom stereocenters. The molecular weight excluding hydrogens is 721 g/mol. The first-order valence-electron chi connectivity index (χ1n) is 19.5. The van der Waals surface area contributed by atoms with Gasteiger partial charge in [-0.2, -0.15) is 0 Å². The molecule has 6 heteroatoms. The molecule has 0 radical (unpaired) electrons. The molecule has 278 valence electrons. The average Bonchev–Trinajstić information content (AvgIpc) is 3.78. The lowest BCUT2D eigenvalue weighted by atomic mass is 9.92. The third-order valence-corrected chi connectivity index (χ3v) is 10.7. The molecule has 0 aliphatic rings. The highest BCUT2D eigenvalue weighted by atomic mass is 15.3. The molecule has 0 atom stereocenters. The second-order valence-corrected chi connectivity index (χ2v) is 14.3. The Balaban J connectivity index is 1.22. The third kappa shape index (κ3) is 7.00. The SMILES string of the molecule is c1ccc(-c2cc(-c3nnc(-c4ccc(-c5cccnc5)c(-c5ccccc5)c4)n3-c3ccc(-c4cccnc4)c(-c4ccccc4)c3)ccc2-c2cccnc2)cc1. The molecule has 0 fully saturated rings. The topological polar surface area (TPSA) is 69.4 Å². The van der Waals surface area contributed by atoms with E-state index in [0.717, 1.165) is 95.2 Å². The van der Waals surface area contributed by atoms with Crippen molar-refractivity contribution in [3.63, 3.8) is 0 Å². The van der Waals surface area contributed by atoms with Gasteiger partial charge in [0.25, 0.3) is 0 Å². The molecular formula is C53H36N6. The van der Waals surface area contributed by atoms with Crippen LogP contribution in [0, 0.1) is 0 Å². The van der Waals surface area contributed by atoms with E-state index >= 15 is 0 Å². The molecule has 0 aliphatic carbocycles. The minimum absolute atomic E-state index is 0.723. The second kappa shape index (κ2) is 15.8. The first kappa shape index (κ1) is 35.3. The predicted octanol–water partition coefficient (Wildman–Crippen LogP) is 12.8. The maximum Gasteiger partial charge on any atom is 0.168 e. The molecule has 6 nitrogen and oxygen atoms in total. The van der Waals surface area contributed by atoms with E-state index in [1.165, 1.54) is 0 Å². The lowest BCUT2D eigenvalue weighted by molar-refractivity contribution is 1.07. The molecule has 10 rings (SSSR count). The van der Waals surface area contributed by atoms with Crippen molar-refractivity contribution in [3.8, 4) is 95.2 Å². The van der Waals surface area contributed by atoms with Crippen molar-refractivity contribution in [1.29, 1.82) is 0 Å². The zero-order chi connectivity index (χ0) is 39.4. The Kier molecular flexibility index (Phi) is 9.47. The van der Waals surface area contributed by atoms with Crippen LogP contribution in [0.2, 0.25) is 0 Å². The minimum Gasteiger partial charge on any atom is -0.275 e. The fourth-order valence-electron chi connectivity index (χ4n) is 7.83. The van der Waals surface area contributed by atoms with E-state index in [-0.39, 0.29) is 0 Å². The fourth-order valence-corrected chi connectivity index (χ4v) is 7.83. The Bertz CT molecular complexity index is 2860. The summed E-state index contributed by atoms with van der Waals surface area (Å²) in [5, 5.41) is 10.0. The van der Waals surface area contributed by atoms with Crippen LogP contribution in [0.3, 0.4) is 0 Å². The van der Waals surface area contributed by atoms with E-state index in [2.05, 4.69) is 165 Å². The van der Waals surface area contributed by atoms with Crippen LogP contribution in [0.4, 0.5) is 0 Å². The number of hydrogen-bond acceptors (Lipinski definition) is 5. The van der Waals surface area contributed by atoms with E-state index in [9.17, 15) is 0 Å². The molecule has 0 saturated carbocycles. The number of pyridine rings is 3. The number of benzene rings is 6. The Morgan fingerprint density at radius 2 is 0.627 bits per heavy atom. The van der Waals surface area contributed by atoms with Crippen molar-refractivity contribution in [3.05, 3.63) is 219 Å². The second-order valence-electron chi connectivity index (χ2n) is 14.3. The van der Waals surface area contributed by atoms with Crippen LogP contribution in [0.1, 0.15) is 0 Å². The molecule has 0 bridgehead atoms. The van der Waals surface area contributed by atoms with Gasteiger partial charge in [-0.1, -0.05) is 140 Å². The first-order chi connectivity index (χ1) is 29.3. The van der Waals surface area contributed by atoms with Crippen LogP contribution < -0.4 is 0 Å². The quantitative estimate of drug-likeness (QED) is 0.147. The Morgan fingerprint density at radius 1 is 0.271 bits per heavy atom. The lowest BCUT2D eigenvalue weighted by Gasteiger charge is -2.18. The van der Waals surface area contributed by atoms with Crippen molar-refractivity contribution in [2.75, 3.05) is 0 Å². The predicted molar refractivity (Wildman–Crippen MR) is 238 cm³/mol. The number of nitrogens with zero attached hydrogens (tertiary/aromatic N) is 6. The fraction of sp³-hybridized carbons (Fsp3) is 0. The van der Waals surface area contributed by atoms with Gasteiger partial charge in [0.1, 0.15) is 0 Å². The number of aromatic nitrogens is 6. The Morgan fingerprint density at radius 3 is 1.00 bits per heavy atom. The van der Waals surface area contributed by atoms with E-state index in [1.54, 1.807) is 12.4 Å². The maximum absolute atomic E-state index is 5.02. The van der Waals surface area contributed by atoms with Gasteiger partial charge in [0, 0.05) is 70.7 Å². The van der Waals surface area contributed by atoms with Gasteiger partial charge in [-0.3, -0.25) is 19.5 Å². The van der Waals surface area contributed by atoms with Crippen molar-refractivity contribution in [1.82, 2.24) is 29.7 Å². The summed E-state index contributed by atoms with van der Waals surface area (Å²) in [6.45, 7) is 0. The highest BCUT2D eigenvalue weighted by molar-refractivity contribution is 5.90. The van der Waals surface area contributed by atoms with Gasteiger partial charge < -0.3 is 0 Å². The summed E-state index contributed by atoms with van der Waals surface area (Å²) in [7, 11) is 0. The molecule has 6 aromatic carbocycles. The zero-order valence-corrected chi connectivity index (χ0v) is 32.0. The van der Waals surface area contributed by atoms with Gasteiger partial charge in [-0.05, 0) is 92.5 Å². The van der Waals surface area contributed by atoms with Crippen molar-refractivity contribution in [2.24, 2.45) is 0 Å². The summed E-state index contributed by atoms with van der Waals surface area (Å²) in [5.74, 6) is 1.45. The molecule has 0 amide bonds. The van der Waals surface area contributed by atoms with Crippen molar-refractivity contribution in [2.45, 2.75) is 0 Å². The average molecular weight is 757 g/mol. The molecule has 10 aromatic rings. The van der Waals surface area contributed by atoms with Gasteiger partial charge in [-0.15, -0.1) is 10.2 Å². The van der Waals surface area contributed by atoms with Gasteiger partial charge in [0.05, 0.1) is 0 Å². The van der Waals surface area contributed by atoms with Crippen LogP contribution in [0.15, 0.2) is 219 Å². The third-order valence-electron chi connectivity index (χ3n) is 10.7. The van der Waals surface area contributed by atoms with Gasteiger partial charge in [0.2, 0.25) is 0 Å². The molecule has 0 saturated heterocycles. The van der Waals surface area contributed by atoms with Crippen LogP contribution >= 0.6 is 0 Å². The van der Waals surface area contributed by atoms with Crippen LogP contribution in [0.25, 0.3) is 95.2 Å². The van der Waals surface area contributed by atoms with Crippen LogP contribution in [-0.2, 0) is 0 Å². The Labute approximate surface area is 342 Å². The van der Waals surface area contributed by atoms with E-state index < -0.39 is 0 Å². The minimum atomic E-state index is 0.723. The molecule has 4 aromatic heterocycles. The van der Waals surface area contributed by atoms with Crippen molar-refractivity contribution >= 4 is 0 Å². The zero-order valence-electron chi connectivity index (χ0n) is 32.0. The summed E-state index contributed by atoms with van der Waals surface area (Å²) in [4.78, 5) is 13.4. The molecule has 0 spiro atoms. The van der Waals surface area contributed by atoms with E-state index in [4.69, 9.17) is 10.2 Å². The molecule has 59 heavy (non-hydrogen) atoms. The number of hydrogen-bond donors (Lipinski definition) is 0. The van der Waals surface area contributed by atoms with Crippen LogP contribution in [0.5, 0.6) is 0 Å². The van der Waals surface area contributed by atoms with Gasteiger partial charge in [-0.25, -0.2) is 0 Å².